The molecule has 1 saturated heterocycles. The standard InChI is InChI=1S/C18H25FN2O2/c1-5-16-12-21(14(3)23-16)15-8-9-18(17(19)11-15)20(4)10-6-7-13(2)22/h8-9,11,16H,3,5-7,10,12H2,1-2,4H3. The van der Waals surface area contributed by atoms with E-state index in [1.165, 1.54) is 6.07 Å². The molecular formula is C18H25FN2O2. The van der Waals surface area contributed by atoms with Gasteiger partial charge in [-0.25, -0.2) is 4.39 Å². The molecule has 126 valence electrons. The smallest absolute Gasteiger partial charge is 0.186 e. The third-order valence-electron chi connectivity index (χ3n) is 4.12. The van der Waals surface area contributed by atoms with Crippen molar-refractivity contribution in [1.29, 1.82) is 0 Å². The van der Waals surface area contributed by atoms with E-state index in [0.717, 1.165) is 18.5 Å². The number of benzene rings is 1. The van der Waals surface area contributed by atoms with E-state index in [-0.39, 0.29) is 17.7 Å². The normalized spacial score (nSPS) is 17.3. The van der Waals surface area contributed by atoms with Crippen LogP contribution in [0.3, 0.4) is 0 Å². The Hall–Kier alpha value is -2.04. The van der Waals surface area contributed by atoms with E-state index in [0.29, 0.717) is 31.1 Å². The second kappa shape index (κ2) is 7.49. The number of hydrogen-bond donors (Lipinski definition) is 0. The van der Waals surface area contributed by atoms with E-state index in [1.54, 1.807) is 13.0 Å². The van der Waals surface area contributed by atoms with Gasteiger partial charge >= 0.3 is 0 Å². The predicted molar refractivity (Wildman–Crippen MR) is 91.2 cm³/mol. The predicted octanol–water partition coefficient (Wildman–Crippen LogP) is 3.72. The Morgan fingerprint density at radius 3 is 2.83 bits per heavy atom. The summed E-state index contributed by atoms with van der Waals surface area (Å²) in [7, 11) is 1.84. The van der Waals surface area contributed by atoms with Crippen LogP contribution in [0.15, 0.2) is 30.7 Å². The fourth-order valence-corrected chi connectivity index (χ4v) is 2.72. The fraction of sp³-hybridized carbons (Fsp3) is 0.500. The number of halogens is 1. The van der Waals surface area contributed by atoms with Crippen LogP contribution in [0.1, 0.15) is 33.1 Å². The Labute approximate surface area is 137 Å². The van der Waals surface area contributed by atoms with Gasteiger partial charge in [0.1, 0.15) is 17.7 Å². The number of anilines is 2. The molecule has 5 heteroatoms. The Kier molecular flexibility index (Phi) is 5.64. The Morgan fingerprint density at radius 1 is 1.52 bits per heavy atom. The highest BCUT2D eigenvalue weighted by Gasteiger charge is 2.27. The first-order valence-electron chi connectivity index (χ1n) is 8.05. The van der Waals surface area contributed by atoms with Gasteiger partial charge in [0.2, 0.25) is 0 Å². The summed E-state index contributed by atoms with van der Waals surface area (Å²) >= 11 is 0. The van der Waals surface area contributed by atoms with Crippen LogP contribution in [0, 0.1) is 5.82 Å². The maximum atomic E-state index is 14.4. The van der Waals surface area contributed by atoms with Crippen LogP contribution in [-0.4, -0.2) is 32.0 Å². The van der Waals surface area contributed by atoms with Gasteiger partial charge in [-0.05, 0) is 44.5 Å². The minimum atomic E-state index is -0.277. The first-order chi connectivity index (χ1) is 10.9. The third-order valence-corrected chi connectivity index (χ3v) is 4.12. The average molecular weight is 320 g/mol. The van der Waals surface area contributed by atoms with Crippen molar-refractivity contribution >= 4 is 17.2 Å². The van der Waals surface area contributed by atoms with Crippen LogP contribution in [0.25, 0.3) is 0 Å². The SMILES string of the molecule is C=C1OC(CC)CN1c1ccc(N(C)CCCC(C)=O)c(F)c1. The molecule has 2 rings (SSSR count). The molecule has 0 aliphatic carbocycles. The highest BCUT2D eigenvalue weighted by molar-refractivity contribution is 5.75. The Bertz CT molecular complexity index is 588. The monoisotopic (exact) mass is 320 g/mol. The van der Waals surface area contributed by atoms with Gasteiger partial charge in [0, 0.05) is 25.7 Å². The third kappa shape index (κ3) is 4.24. The number of Topliss-reactive ketones (excluding diaryl/α,β-unsaturated/α-hetero) is 1. The zero-order valence-corrected chi connectivity index (χ0v) is 14.1. The number of hydrogen-bond acceptors (Lipinski definition) is 4. The van der Waals surface area contributed by atoms with E-state index < -0.39 is 0 Å². The summed E-state index contributed by atoms with van der Waals surface area (Å²) < 4.78 is 20.1. The van der Waals surface area contributed by atoms with Crippen molar-refractivity contribution in [3.63, 3.8) is 0 Å². The molecule has 0 bridgehead atoms. The maximum Gasteiger partial charge on any atom is 0.186 e. The number of ether oxygens (including phenoxy) is 1. The van der Waals surface area contributed by atoms with Gasteiger partial charge in [-0.15, -0.1) is 0 Å². The molecule has 0 N–H and O–H groups in total. The quantitative estimate of drug-likeness (QED) is 0.766. The molecule has 0 radical (unpaired) electrons. The van der Waals surface area contributed by atoms with Crippen LogP contribution in [-0.2, 0) is 9.53 Å². The molecule has 4 nitrogen and oxygen atoms in total. The lowest BCUT2D eigenvalue weighted by Crippen LogP contribution is -2.22. The summed E-state index contributed by atoms with van der Waals surface area (Å²) in [4.78, 5) is 14.7. The highest BCUT2D eigenvalue weighted by atomic mass is 19.1. The lowest BCUT2D eigenvalue weighted by molar-refractivity contribution is -0.117. The van der Waals surface area contributed by atoms with Crippen molar-refractivity contribution in [2.45, 2.75) is 39.2 Å². The molecule has 0 saturated carbocycles. The zero-order chi connectivity index (χ0) is 17.0. The van der Waals surface area contributed by atoms with Gasteiger partial charge in [-0.1, -0.05) is 6.92 Å². The maximum absolute atomic E-state index is 14.4. The molecule has 1 aliphatic rings. The van der Waals surface area contributed by atoms with Crippen molar-refractivity contribution in [2.24, 2.45) is 0 Å². The van der Waals surface area contributed by atoms with Gasteiger partial charge in [-0.2, -0.15) is 0 Å². The largest absolute Gasteiger partial charge is 0.474 e. The molecule has 23 heavy (non-hydrogen) atoms. The van der Waals surface area contributed by atoms with Gasteiger partial charge in [0.15, 0.2) is 5.88 Å². The summed E-state index contributed by atoms with van der Waals surface area (Å²) in [6, 6.07) is 5.17. The first kappa shape index (κ1) is 17.3. The van der Waals surface area contributed by atoms with Gasteiger partial charge in [-0.3, -0.25) is 0 Å². The Morgan fingerprint density at radius 2 is 2.26 bits per heavy atom. The number of carbonyl (C=O) groups is 1. The summed E-state index contributed by atoms with van der Waals surface area (Å²) in [6.45, 7) is 8.87. The molecule has 1 aromatic carbocycles. The molecule has 1 heterocycles. The van der Waals surface area contributed by atoms with E-state index >= 15 is 0 Å². The lowest BCUT2D eigenvalue weighted by atomic mass is 10.2. The molecule has 1 unspecified atom stereocenters. The van der Waals surface area contributed by atoms with Crippen LogP contribution < -0.4 is 9.80 Å². The van der Waals surface area contributed by atoms with Gasteiger partial charge in [0.05, 0.1) is 12.2 Å². The Balaban J connectivity index is 2.05. The van der Waals surface area contributed by atoms with Crippen LogP contribution in [0.2, 0.25) is 0 Å². The van der Waals surface area contributed by atoms with Crippen LogP contribution >= 0.6 is 0 Å². The average Bonchev–Trinajstić information content (AvgIpc) is 2.87. The zero-order valence-electron chi connectivity index (χ0n) is 14.1. The highest BCUT2D eigenvalue weighted by Crippen LogP contribution is 2.30. The summed E-state index contributed by atoms with van der Waals surface area (Å²) in [5.41, 5.74) is 1.29. The molecule has 1 atom stereocenters. The van der Waals surface area contributed by atoms with Crippen molar-refractivity contribution in [2.75, 3.05) is 29.9 Å². The van der Waals surface area contributed by atoms with Crippen molar-refractivity contribution in [1.82, 2.24) is 0 Å². The number of ketones is 1. The lowest BCUT2D eigenvalue weighted by Gasteiger charge is -2.22. The number of carbonyl (C=O) groups excluding carboxylic acids is 1. The molecule has 1 aromatic rings. The van der Waals surface area contributed by atoms with E-state index in [1.807, 2.05) is 22.9 Å². The molecule has 0 aromatic heterocycles. The topological polar surface area (TPSA) is 32.8 Å². The van der Waals surface area contributed by atoms with E-state index in [9.17, 15) is 9.18 Å². The second-order valence-electron chi connectivity index (χ2n) is 6.02. The molecule has 0 spiro atoms. The van der Waals surface area contributed by atoms with Crippen molar-refractivity contribution in [3.8, 4) is 0 Å². The van der Waals surface area contributed by atoms with Gasteiger partial charge in [0.25, 0.3) is 0 Å². The molecular weight excluding hydrogens is 295 g/mol. The molecule has 1 fully saturated rings. The van der Waals surface area contributed by atoms with Gasteiger partial charge < -0.3 is 19.3 Å². The minimum Gasteiger partial charge on any atom is -0.474 e. The summed E-state index contributed by atoms with van der Waals surface area (Å²) in [5, 5.41) is 0. The molecule has 0 amide bonds. The van der Waals surface area contributed by atoms with Crippen molar-refractivity contribution < 1.29 is 13.9 Å². The summed E-state index contributed by atoms with van der Waals surface area (Å²) in [5.74, 6) is 0.451. The number of rotatable bonds is 7. The summed E-state index contributed by atoms with van der Waals surface area (Å²) in [6.07, 6.45) is 2.25. The van der Waals surface area contributed by atoms with E-state index in [4.69, 9.17) is 4.74 Å². The van der Waals surface area contributed by atoms with E-state index in [2.05, 4.69) is 13.5 Å². The van der Waals surface area contributed by atoms with Crippen LogP contribution in [0.4, 0.5) is 15.8 Å². The molecule has 1 aliphatic heterocycles. The first-order valence-corrected chi connectivity index (χ1v) is 8.05. The number of nitrogens with zero attached hydrogens (tertiary/aromatic N) is 2. The van der Waals surface area contributed by atoms with Crippen molar-refractivity contribution in [3.05, 3.63) is 36.5 Å². The fourth-order valence-electron chi connectivity index (χ4n) is 2.72. The second-order valence-corrected chi connectivity index (χ2v) is 6.02. The van der Waals surface area contributed by atoms with Crippen LogP contribution in [0.5, 0.6) is 0 Å². The minimum absolute atomic E-state index is 0.111.